The predicted octanol–water partition coefficient (Wildman–Crippen LogP) is 4.32. The Morgan fingerprint density at radius 1 is 1.10 bits per heavy atom. The van der Waals surface area contributed by atoms with E-state index in [2.05, 4.69) is 4.98 Å². The van der Waals surface area contributed by atoms with Gasteiger partial charge in [0.05, 0.1) is 6.61 Å². The fourth-order valence-electron chi connectivity index (χ4n) is 3.49. The number of Topliss-reactive ketones (excluding diaryl/α,β-unsaturated/α-hetero) is 1. The van der Waals surface area contributed by atoms with Crippen LogP contribution in [0.5, 0.6) is 11.5 Å². The molecule has 6 heteroatoms. The van der Waals surface area contributed by atoms with Crippen LogP contribution in [0.2, 0.25) is 0 Å². The molecule has 0 unspecified atom stereocenters. The van der Waals surface area contributed by atoms with E-state index in [0.29, 0.717) is 31.0 Å². The Bertz CT molecular complexity index is 912. The average Bonchev–Trinajstić information content (AvgIpc) is 2.74. The number of benzene rings is 1. The van der Waals surface area contributed by atoms with Crippen LogP contribution < -0.4 is 9.47 Å². The van der Waals surface area contributed by atoms with E-state index in [0.717, 1.165) is 24.3 Å². The van der Waals surface area contributed by atoms with E-state index in [9.17, 15) is 9.59 Å². The number of hydrogen-bond acceptors (Lipinski definition) is 5. The van der Waals surface area contributed by atoms with Gasteiger partial charge in [-0.25, -0.2) is 0 Å². The highest BCUT2D eigenvalue weighted by Gasteiger charge is 2.26. The summed E-state index contributed by atoms with van der Waals surface area (Å²) in [5.41, 5.74) is 0.792. The maximum absolute atomic E-state index is 13.0. The topological polar surface area (TPSA) is 68.7 Å². The number of pyridine rings is 1. The first-order valence-electron chi connectivity index (χ1n) is 10.9. The Morgan fingerprint density at radius 2 is 1.81 bits per heavy atom. The van der Waals surface area contributed by atoms with Gasteiger partial charge in [0.25, 0.3) is 5.91 Å². The number of likely N-dealkylation sites (tertiary alicyclic amines) is 1. The Morgan fingerprint density at radius 3 is 2.48 bits per heavy atom. The maximum atomic E-state index is 13.0. The van der Waals surface area contributed by atoms with E-state index in [1.807, 2.05) is 56.9 Å². The quantitative estimate of drug-likeness (QED) is 0.662. The number of hydrogen-bond donors (Lipinski definition) is 0. The number of ether oxygens (including phenoxy) is 2. The van der Waals surface area contributed by atoms with Gasteiger partial charge in [0.1, 0.15) is 23.4 Å². The third kappa shape index (κ3) is 6.29. The van der Waals surface area contributed by atoms with Crippen molar-refractivity contribution < 1.29 is 19.1 Å². The molecule has 0 radical (unpaired) electrons. The van der Waals surface area contributed by atoms with Gasteiger partial charge in [-0.05, 0) is 31.2 Å². The molecule has 1 aliphatic rings. The van der Waals surface area contributed by atoms with Gasteiger partial charge >= 0.3 is 0 Å². The van der Waals surface area contributed by atoms with Crippen molar-refractivity contribution in [2.45, 2.75) is 53.1 Å². The monoisotopic (exact) mass is 424 g/mol. The number of carbonyl (C=O) groups excluding carboxylic acids is 2. The highest BCUT2D eigenvalue weighted by Crippen LogP contribution is 2.24. The maximum Gasteiger partial charge on any atom is 0.253 e. The van der Waals surface area contributed by atoms with Gasteiger partial charge in [0, 0.05) is 61.3 Å². The third-order valence-electron chi connectivity index (χ3n) is 5.39. The molecule has 0 bridgehead atoms. The molecule has 0 saturated carbocycles. The molecule has 1 aliphatic heterocycles. The molecular weight excluding hydrogens is 392 g/mol. The van der Waals surface area contributed by atoms with Crippen molar-refractivity contribution in [1.29, 1.82) is 0 Å². The Kier molecular flexibility index (Phi) is 7.31. The number of ketones is 1. The summed E-state index contributed by atoms with van der Waals surface area (Å²) >= 11 is 0. The zero-order chi connectivity index (χ0) is 22.4. The van der Waals surface area contributed by atoms with Crippen molar-refractivity contribution in [3.63, 3.8) is 0 Å². The van der Waals surface area contributed by atoms with Crippen molar-refractivity contribution in [3.05, 3.63) is 53.9 Å². The molecule has 1 aromatic carbocycles. The smallest absolute Gasteiger partial charge is 0.253 e. The SMILES string of the molecule is CCOc1cccc(OC2CCN(C(=O)c3ccnc(CC(=O)C(C)(C)C)c3)CC2)c1. The number of aromatic nitrogens is 1. The molecule has 1 amide bonds. The third-order valence-corrected chi connectivity index (χ3v) is 5.39. The summed E-state index contributed by atoms with van der Waals surface area (Å²) in [5, 5.41) is 0. The lowest BCUT2D eigenvalue weighted by Gasteiger charge is -2.32. The van der Waals surface area contributed by atoms with Crippen LogP contribution in [0.15, 0.2) is 42.6 Å². The summed E-state index contributed by atoms with van der Waals surface area (Å²) in [6, 6.07) is 11.1. The summed E-state index contributed by atoms with van der Waals surface area (Å²) < 4.78 is 11.6. The Balaban J connectivity index is 1.56. The number of piperidine rings is 1. The predicted molar refractivity (Wildman–Crippen MR) is 120 cm³/mol. The van der Waals surface area contributed by atoms with Gasteiger partial charge < -0.3 is 14.4 Å². The molecule has 0 N–H and O–H groups in total. The van der Waals surface area contributed by atoms with Gasteiger partial charge in [0.2, 0.25) is 0 Å². The minimum absolute atomic E-state index is 0.0244. The van der Waals surface area contributed by atoms with Crippen LogP contribution in [0.1, 0.15) is 56.6 Å². The fraction of sp³-hybridized carbons (Fsp3) is 0.480. The van der Waals surface area contributed by atoms with Gasteiger partial charge in [-0.1, -0.05) is 26.8 Å². The van der Waals surface area contributed by atoms with Crippen LogP contribution in [0.4, 0.5) is 0 Å². The van der Waals surface area contributed by atoms with E-state index in [4.69, 9.17) is 9.47 Å². The first-order chi connectivity index (χ1) is 14.8. The van der Waals surface area contributed by atoms with Crippen LogP contribution >= 0.6 is 0 Å². The Hall–Kier alpha value is -2.89. The fourth-order valence-corrected chi connectivity index (χ4v) is 3.49. The minimum atomic E-state index is -0.425. The number of carbonyl (C=O) groups is 2. The molecule has 31 heavy (non-hydrogen) atoms. The van der Waals surface area contributed by atoms with Crippen molar-refractivity contribution in [3.8, 4) is 11.5 Å². The standard InChI is InChI=1S/C25H32N2O4/c1-5-30-21-7-6-8-22(17-21)31-20-10-13-27(14-11-20)24(29)18-9-12-26-19(15-18)16-23(28)25(2,3)4/h6-9,12,15,17,20H,5,10-11,13-14,16H2,1-4H3. The second kappa shape index (κ2) is 9.94. The van der Waals surface area contributed by atoms with E-state index >= 15 is 0 Å². The molecule has 0 atom stereocenters. The molecule has 1 saturated heterocycles. The molecule has 1 fully saturated rings. The van der Waals surface area contributed by atoms with E-state index in [-0.39, 0.29) is 24.2 Å². The van der Waals surface area contributed by atoms with Crippen LogP contribution in [-0.4, -0.2) is 47.4 Å². The largest absolute Gasteiger partial charge is 0.494 e. The molecule has 1 aromatic heterocycles. The molecule has 166 valence electrons. The number of rotatable bonds is 7. The second-order valence-electron chi connectivity index (χ2n) is 8.90. The minimum Gasteiger partial charge on any atom is -0.494 e. The summed E-state index contributed by atoms with van der Waals surface area (Å²) in [6.45, 7) is 9.51. The molecular formula is C25H32N2O4. The number of nitrogens with zero attached hydrogens (tertiary/aromatic N) is 2. The van der Waals surface area contributed by atoms with Crippen LogP contribution in [0.3, 0.4) is 0 Å². The van der Waals surface area contributed by atoms with Crippen LogP contribution in [-0.2, 0) is 11.2 Å². The molecule has 2 heterocycles. The normalized spacial score (nSPS) is 14.9. The van der Waals surface area contributed by atoms with E-state index < -0.39 is 5.41 Å². The van der Waals surface area contributed by atoms with Crippen LogP contribution in [0.25, 0.3) is 0 Å². The van der Waals surface area contributed by atoms with Crippen molar-refractivity contribution in [1.82, 2.24) is 9.88 Å². The molecule has 6 nitrogen and oxygen atoms in total. The van der Waals surface area contributed by atoms with Crippen molar-refractivity contribution >= 4 is 11.7 Å². The lowest BCUT2D eigenvalue weighted by molar-refractivity contribution is -0.125. The molecule has 2 aromatic rings. The number of amides is 1. The van der Waals surface area contributed by atoms with Gasteiger partial charge in [-0.15, -0.1) is 0 Å². The lowest BCUT2D eigenvalue weighted by Crippen LogP contribution is -2.41. The summed E-state index contributed by atoms with van der Waals surface area (Å²) in [7, 11) is 0. The second-order valence-corrected chi connectivity index (χ2v) is 8.90. The van der Waals surface area contributed by atoms with E-state index in [1.54, 1.807) is 18.3 Å². The first kappa shape index (κ1) is 22.8. The van der Waals surface area contributed by atoms with Gasteiger partial charge in [-0.2, -0.15) is 0 Å². The van der Waals surface area contributed by atoms with Crippen molar-refractivity contribution in [2.75, 3.05) is 19.7 Å². The van der Waals surface area contributed by atoms with Gasteiger partial charge in [-0.3, -0.25) is 14.6 Å². The summed E-state index contributed by atoms with van der Waals surface area (Å²) in [6.07, 6.45) is 3.45. The first-order valence-corrected chi connectivity index (χ1v) is 10.9. The summed E-state index contributed by atoms with van der Waals surface area (Å²) in [4.78, 5) is 31.4. The Labute approximate surface area is 184 Å². The highest BCUT2D eigenvalue weighted by molar-refractivity contribution is 5.94. The zero-order valence-electron chi connectivity index (χ0n) is 18.9. The van der Waals surface area contributed by atoms with Crippen LogP contribution in [0, 0.1) is 5.41 Å². The van der Waals surface area contributed by atoms with E-state index in [1.165, 1.54) is 0 Å². The summed E-state index contributed by atoms with van der Waals surface area (Å²) in [5.74, 6) is 1.67. The lowest BCUT2D eigenvalue weighted by atomic mass is 9.88. The molecule has 0 spiro atoms. The van der Waals surface area contributed by atoms with Crippen molar-refractivity contribution in [2.24, 2.45) is 5.41 Å². The molecule has 0 aliphatic carbocycles. The highest BCUT2D eigenvalue weighted by atomic mass is 16.5. The average molecular weight is 425 g/mol. The van der Waals surface area contributed by atoms with Gasteiger partial charge in [0.15, 0.2) is 0 Å². The molecule has 3 rings (SSSR count). The zero-order valence-corrected chi connectivity index (χ0v) is 18.9.